The normalized spacial score (nSPS) is 19.5. The Labute approximate surface area is 146 Å². The molecule has 1 fully saturated rings. The van der Waals surface area contributed by atoms with E-state index in [0.717, 1.165) is 15.2 Å². The Balaban J connectivity index is 1.69. The second kappa shape index (κ2) is 5.93. The molecule has 1 unspecified atom stereocenters. The first-order chi connectivity index (χ1) is 10.2. The molecule has 2 nitrogen and oxygen atoms in total. The predicted molar refractivity (Wildman–Crippen MR) is 93.8 cm³/mol. The van der Waals surface area contributed by atoms with E-state index >= 15 is 0 Å². The molecular formula is C15H16BrClN2S2. The lowest BCUT2D eigenvalue weighted by molar-refractivity contribution is 0.601. The van der Waals surface area contributed by atoms with E-state index in [0.29, 0.717) is 6.04 Å². The van der Waals surface area contributed by atoms with Crippen molar-refractivity contribution in [3.05, 3.63) is 35.3 Å². The van der Waals surface area contributed by atoms with Crippen LogP contribution in [0, 0.1) is 0 Å². The third-order valence-corrected chi connectivity index (χ3v) is 7.80. The summed E-state index contributed by atoms with van der Waals surface area (Å²) in [6.45, 7) is 0. The van der Waals surface area contributed by atoms with Crippen LogP contribution < -0.4 is 5.32 Å². The zero-order valence-corrected chi connectivity index (χ0v) is 15.5. The number of hydrogen-bond donors (Lipinski definition) is 1. The van der Waals surface area contributed by atoms with E-state index in [4.69, 9.17) is 16.6 Å². The van der Waals surface area contributed by atoms with Crippen LogP contribution in [0.1, 0.15) is 52.2 Å². The summed E-state index contributed by atoms with van der Waals surface area (Å²) in [4.78, 5) is 7.72. The lowest BCUT2D eigenvalue weighted by Gasteiger charge is -2.14. The van der Waals surface area contributed by atoms with Gasteiger partial charge in [-0.25, -0.2) is 4.98 Å². The Morgan fingerprint density at radius 3 is 2.76 bits per heavy atom. The maximum Gasteiger partial charge on any atom is 0.116 e. The van der Waals surface area contributed by atoms with Crippen LogP contribution in [0.3, 0.4) is 0 Å². The molecule has 0 spiro atoms. The molecule has 0 aromatic carbocycles. The summed E-state index contributed by atoms with van der Waals surface area (Å²) in [6, 6.07) is 3.01. The van der Waals surface area contributed by atoms with E-state index in [1.165, 1.54) is 52.6 Å². The van der Waals surface area contributed by atoms with Crippen molar-refractivity contribution in [1.82, 2.24) is 10.3 Å². The summed E-state index contributed by atoms with van der Waals surface area (Å²) < 4.78 is 1.82. The molecule has 2 aliphatic rings. The van der Waals surface area contributed by atoms with E-state index in [9.17, 15) is 0 Å². The summed E-state index contributed by atoms with van der Waals surface area (Å²) in [7, 11) is 0. The van der Waals surface area contributed by atoms with Gasteiger partial charge in [0.15, 0.2) is 0 Å². The standard InChI is InChI=1S/C15H16BrClN2S2/c16-9-7-12(20-14(9)17)13(18-8-5-6-8)15-19-10-3-1-2-4-11(10)21-15/h7-8,13,18H,1-6H2. The number of nitrogens with one attached hydrogen (secondary N) is 1. The monoisotopic (exact) mass is 402 g/mol. The van der Waals surface area contributed by atoms with Gasteiger partial charge in [-0.3, -0.25) is 0 Å². The average molecular weight is 404 g/mol. The fourth-order valence-electron chi connectivity index (χ4n) is 2.76. The Kier molecular flexibility index (Phi) is 4.13. The number of thiazole rings is 1. The van der Waals surface area contributed by atoms with Gasteiger partial charge in [0, 0.05) is 20.3 Å². The van der Waals surface area contributed by atoms with E-state index < -0.39 is 0 Å². The number of fused-ring (bicyclic) bond motifs is 1. The Hall–Kier alpha value is 0.0600. The molecular weight excluding hydrogens is 388 g/mol. The molecule has 6 heteroatoms. The molecule has 21 heavy (non-hydrogen) atoms. The molecule has 1 atom stereocenters. The van der Waals surface area contributed by atoms with E-state index in [-0.39, 0.29) is 6.04 Å². The number of rotatable bonds is 4. The molecule has 2 aliphatic carbocycles. The largest absolute Gasteiger partial charge is 0.301 e. The van der Waals surface area contributed by atoms with Crippen molar-refractivity contribution in [3.63, 3.8) is 0 Å². The summed E-state index contributed by atoms with van der Waals surface area (Å²) in [6.07, 6.45) is 7.51. The summed E-state index contributed by atoms with van der Waals surface area (Å²) in [5, 5.41) is 4.97. The van der Waals surface area contributed by atoms with E-state index in [1.54, 1.807) is 11.3 Å². The molecule has 2 heterocycles. The van der Waals surface area contributed by atoms with Crippen molar-refractivity contribution in [1.29, 1.82) is 0 Å². The molecule has 0 saturated heterocycles. The SMILES string of the molecule is Clc1sc(C(NC2CC2)c2nc3c(s2)CCCC3)cc1Br. The second-order valence-electron chi connectivity index (χ2n) is 5.77. The molecule has 0 radical (unpaired) electrons. The van der Waals surface area contributed by atoms with Crippen LogP contribution in [0.4, 0.5) is 0 Å². The highest BCUT2D eigenvalue weighted by Crippen LogP contribution is 2.41. The van der Waals surface area contributed by atoms with Crippen molar-refractivity contribution in [2.45, 2.75) is 50.6 Å². The van der Waals surface area contributed by atoms with E-state index in [1.807, 2.05) is 11.3 Å². The minimum absolute atomic E-state index is 0.210. The van der Waals surface area contributed by atoms with Crippen LogP contribution in [0.2, 0.25) is 4.34 Å². The topological polar surface area (TPSA) is 24.9 Å². The molecule has 1 N–H and O–H groups in total. The highest BCUT2D eigenvalue weighted by Gasteiger charge is 2.30. The number of halogens is 2. The minimum Gasteiger partial charge on any atom is -0.301 e. The second-order valence-corrected chi connectivity index (χ2v) is 9.43. The predicted octanol–water partition coefficient (Wildman–Crippen LogP) is 5.34. The molecule has 0 aliphatic heterocycles. The van der Waals surface area contributed by atoms with Gasteiger partial charge in [0.2, 0.25) is 0 Å². The molecule has 2 aromatic heterocycles. The van der Waals surface area contributed by atoms with Crippen LogP contribution >= 0.6 is 50.2 Å². The van der Waals surface area contributed by atoms with Gasteiger partial charge in [0.05, 0.1) is 11.7 Å². The number of thiophene rings is 1. The van der Waals surface area contributed by atoms with Gasteiger partial charge in [-0.05, 0) is 60.5 Å². The first kappa shape index (κ1) is 14.6. The summed E-state index contributed by atoms with van der Waals surface area (Å²) in [5.74, 6) is 0. The fraction of sp³-hybridized carbons (Fsp3) is 0.533. The van der Waals surface area contributed by atoms with Gasteiger partial charge in [-0.15, -0.1) is 22.7 Å². The lowest BCUT2D eigenvalue weighted by Crippen LogP contribution is -2.23. The van der Waals surface area contributed by atoms with Crippen molar-refractivity contribution in [2.24, 2.45) is 0 Å². The molecule has 2 aromatic rings. The van der Waals surface area contributed by atoms with Gasteiger partial charge in [-0.1, -0.05) is 11.6 Å². The van der Waals surface area contributed by atoms with Crippen LogP contribution in [0.15, 0.2) is 10.5 Å². The molecule has 112 valence electrons. The van der Waals surface area contributed by atoms with Crippen LogP contribution in [0.5, 0.6) is 0 Å². The zero-order valence-electron chi connectivity index (χ0n) is 11.5. The van der Waals surface area contributed by atoms with Crippen LogP contribution in [-0.2, 0) is 12.8 Å². The molecule has 1 saturated carbocycles. The van der Waals surface area contributed by atoms with Gasteiger partial charge in [-0.2, -0.15) is 0 Å². The first-order valence-electron chi connectivity index (χ1n) is 7.40. The van der Waals surface area contributed by atoms with Crippen LogP contribution in [0.25, 0.3) is 0 Å². The highest BCUT2D eigenvalue weighted by atomic mass is 79.9. The van der Waals surface area contributed by atoms with Crippen molar-refractivity contribution in [3.8, 4) is 0 Å². The number of aryl methyl sites for hydroxylation is 2. The third kappa shape index (κ3) is 3.08. The quantitative estimate of drug-likeness (QED) is 0.745. The smallest absolute Gasteiger partial charge is 0.116 e. The van der Waals surface area contributed by atoms with Crippen molar-refractivity contribution >= 4 is 50.2 Å². The Morgan fingerprint density at radius 2 is 2.10 bits per heavy atom. The highest BCUT2D eigenvalue weighted by molar-refractivity contribution is 9.10. The zero-order chi connectivity index (χ0) is 14.4. The fourth-order valence-corrected chi connectivity index (χ4v) is 5.87. The minimum atomic E-state index is 0.210. The van der Waals surface area contributed by atoms with E-state index in [2.05, 4.69) is 27.3 Å². The third-order valence-electron chi connectivity index (χ3n) is 4.04. The molecule has 0 bridgehead atoms. The number of hydrogen-bond acceptors (Lipinski definition) is 4. The molecule has 0 amide bonds. The van der Waals surface area contributed by atoms with Gasteiger partial charge >= 0.3 is 0 Å². The van der Waals surface area contributed by atoms with Gasteiger partial charge in [0.25, 0.3) is 0 Å². The summed E-state index contributed by atoms with van der Waals surface area (Å²) in [5.41, 5.74) is 1.34. The lowest BCUT2D eigenvalue weighted by atomic mass is 10.0. The summed E-state index contributed by atoms with van der Waals surface area (Å²) >= 11 is 13.3. The van der Waals surface area contributed by atoms with Crippen molar-refractivity contribution < 1.29 is 0 Å². The average Bonchev–Trinajstić information content (AvgIpc) is 3.10. The number of aromatic nitrogens is 1. The first-order valence-corrected chi connectivity index (χ1v) is 10.2. The van der Waals surface area contributed by atoms with Crippen LogP contribution in [-0.4, -0.2) is 11.0 Å². The Morgan fingerprint density at radius 1 is 1.29 bits per heavy atom. The van der Waals surface area contributed by atoms with Gasteiger partial charge in [0.1, 0.15) is 9.34 Å². The Bertz CT molecular complexity index is 620. The number of nitrogens with zero attached hydrogens (tertiary/aromatic N) is 1. The maximum atomic E-state index is 6.24. The van der Waals surface area contributed by atoms with Crippen molar-refractivity contribution in [2.75, 3.05) is 0 Å². The van der Waals surface area contributed by atoms with Gasteiger partial charge < -0.3 is 5.32 Å². The maximum absolute atomic E-state index is 6.24. The molecule has 4 rings (SSSR count).